The van der Waals surface area contributed by atoms with Crippen molar-refractivity contribution in [3.05, 3.63) is 18.0 Å². The van der Waals surface area contributed by atoms with Crippen LogP contribution in [0.3, 0.4) is 0 Å². The smallest absolute Gasteiger partial charge is 0.270 e. The van der Waals surface area contributed by atoms with Gasteiger partial charge in [-0.3, -0.25) is 4.79 Å². The highest BCUT2D eigenvalue weighted by Crippen LogP contribution is 2.37. The number of hydrogen-bond acceptors (Lipinski definition) is 3. The van der Waals surface area contributed by atoms with Crippen LogP contribution in [0.5, 0.6) is 0 Å². The van der Waals surface area contributed by atoms with E-state index in [-0.39, 0.29) is 19.2 Å². The number of aromatic nitrogens is 1. The van der Waals surface area contributed by atoms with Gasteiger partial charge in [0.25, 0.3) is 12.3 Å². The molecule has 1 aliphatic carbocycles. The van der Waals surface area contributed by atoms with Crippen molar-refractivity contribution in [1.82, 2.24) is 9.47 Å². The average molecular weight is 273 g/mol. The Kier molecular flexibility index (Phi) is 4.04. The van der Waals surface area contributed by atoms with Gasteiger partial charge in [0.1, 0.15) is 5.69 Å². The molecule has 0 aromatic carbocycles. The maximum Gasteiger partial charge on any atom is 0.270 e. The quantitative estimate of drug-likeness (QED) is 0.815. The number of anilines is 1. The monoisotopic (exact) mass is 273 g/mol. The predicted molar refractivity (Wildman–Crippen MR) is 66.1 cm³/mol. The van der Waals surface area contributed by atoms with Crippen molar-refractivity contribution < 1.29 is 18.7 Å². The van der Waals surface area contributed by atoms with Crippen molar-refractivity contribution in [2.45, 2.75) is 25.3 Å². The molecule has 0 spiro atoms. The molecule has 1 fully saturated rings. The summed E-state index contributed by atoms with van der Waals surface area (Å²) >= 11 is 0. The molecule has 1 aromatic heterocycles. The summed E-state index contributed by atoms with van der Waals surface area (Å²) in [4.78, 5) is 13.2. The van der Waals surface area contributed by atoms with Gasteiger partial charge in [-0.05, 0) is 18.9 Å². The summed E-state index contributed by atoms with van der Waals surface area (Å²) in [6, 6.07) is 1.73. The van der Waals surface area contributed by atoms with Crippen LogP contribution in [0.2, 0.25) is 0 Å². The predicted octanol–water partition coefficient (Wildman–Crippen LogP) is 1.10. The zero-order valence-electron chi connectivity index (χ0n) is 10.4. The largest absolute Gasteiger partial charge is 0.397 e. The third-order valence-corrected chi connectivity index (χ3v) is 3.04. The molecule has 1 amide bonds. The number of hydrogen-bond donors (Lipinski definition) is 2. The zero-order chi connectivity index (χ0) is 14.0. The molecular formula is C12H17F2N3O2. The van der Waals surface area contributed by atoms with Gasteiger partial charge in [0.2, 0.25) is 0 Å². The van der Waals surface area contributed by atoms with Gasteiger partial charge in [0.05, 0.1) is 18.8 Å². The fourth-order valence-corrected chi connectivity index (χ4v) is 2.05. The van der Waals surface area contributed by atoms with E-state index < -0.39 is 18.9 Å². The first kappa shape index (κ1) is 13.8. The van der Waals surface area contributed by atoms with Crippen LogP contribution in [-0.2, 0) is 0 Å². The molecule has 1 heterocycles. The third-order valence-electron chi connectivity index (χ3n) is 3.04. The molecule has 0 radical (unpaired) electrons. The first-order chi connectivity index (χ1) is 9.02. The number of alkyl halides is 2. The lowest BCUT2D eigenvalue weighted by Gasteiger charge is -2.22. The van der Waals surface area contributed by atoms with Gasteiger partial charge in [-0.1, -0.05) is 0 Å². The van der Waals surface area contributed by atoms with Crippen molar-refractivity contribution in [2.75, 3.05) is 25.4 Å². The lowest BCUT2D eigenvalue weighted by Crippen LogP contribution is -2.38. The number of nitrogen functional groups attached to an aromatic ring is 1. The van der Waals surface area contributed by atoms with Crippen LogP contribution in [0.15, 0.2) is 12.3 Å². The van der Waals surface area contributed by atoms with E-state index in [2.05, 4.69) is 0 Å². The van der Waals surface area contributed by atoms with Gasteiger partial charge in [0.15, 0.2) is 0 Å². The van der Waals surface area contributed by atoms with Crippen molar-refractivity contribution in [3.63, 3.8) is 0 Å². The lowest BCUT2D eigenvalue weighted by molar-refractivity contribution is 0.0500. The van der Waals surface area contributed by atoms with Crippen LogP contribution < -0.4 is 5.73 Å². The highest BCUT2D eigenvalue weighted by molar-refractivity contribution is 5.94. The van der Waals surface area contributed by atoms with E-state index in [1.54, 1.807) is 10.8 Å². The second kappa shape index (κ2) is 5.56. The number of halogens is 2. The maximum absolute atomic E-state index is 12.5. The Morgan fingerprint density at radius 3 is 2.79 bits per heavy atom. The van der Waals surface area contributed by atoms with Gasteiger partial charge in [-0.25, -0.2) is 8.78 Å². The molecule has 0 aliphatic heterocycles. The van der Waals surface area contributed by atoms with Crippen molar-refractivity contribution in [3.8, 4) is 0 Å². The number of aliphatic hydroxyl groups excluding tert-OH is 1. The molecule has 0 atom stereocenters. The number of nitrogens with zero attached hydrogens (tertiary/aromatic N) is 2. The summed E-state index contributed by atoms with van der Waals surface area (Å²) in [6.45, 7) is -1.15. The fraction of sp³-hybridized carbons (Fsp3) is 0.583. The molecule has 106 valence electrons. The molecule has 0 saturated heterocycles. The first-order valence-corrected chi connectivity index (χ1v) is 6.18. The Hall–Kier alpha value is -1.63. The first-order valence-electron chi connectivity index (χ1n) is 6.18. The van der Waals surface area contributed by atoms with Gasteiger partial charge >= 0.3 is 0 Å². The van der Waals surface area contributed by atoms with Crippen LogP contribution >= 0.6 is 0 Å². The number of carbonyl (C=O) groups is 1. The number of aliphatic hydroxyl groups is 1. The summed E-state index contributed by atoms with van der Waals surface area (Å²) in [5.41, 5.74) is 6.42. The molecule has 5 nitrogen and oxygen atoms in total. The molecular weight excluding hydrogens is 256 g/mol. The SMILES string of the molecule is Nc1cc(C(=O)N(CCO)CC(F)F)n(C2CC2)c1. The molecule has 1 aliphatic rings. The molecule has 1 aromatic rings. The summed E-state index contributed by atoms with van der Waals surface area (Å²) < 4.78 is 26.7. The third kappa shape index (κ3) is 3.23. The Labute approximate surface area is 109 Å². The summed E-state index contributed by atoms with van der Waals surface area (Å²) in [5, 5.41) is 8.87. The van der Waals surface area contributed by atoms with E-state index in [0.29, 0.717) is 11.4 Å². The molecule has 7 heteroatoms. The minimum absolute atomic E-state index is 0.112. The average Bonchev–Trinajstić information content (AvgIpc) is 3.10. The van der Waals surface area contributed by atoms with Crippen LogP contribution in [-0.4, -0.2) is 46.6 Å². The highest BCUT2D eigenvalue weighted by Gasteiger charge is 2.30. The van der Waals surface area contributed by atoms with E-state index in [9.17, 15) is 13.6 Å². The Balaban J connectivity index is 2.20. The highest BCUT2D eigenvalue weighted by atomic mass is 19.3. The van der Waals surface area contributed by atoms with Crippen LogP contribution in [0.25, 0.3) is 0 Å². The molecule has 0 bridgehead atoms. The molecule has 2 rings (SSSR count). The number of carbonyl (C=O) groups excluding carboxylic acids is 1. The normalized spacial score (nSPS) is 14.9. The summed E-state index contributed by atoms with van der Waals surface area (Å²) in [6.07, 6.45) is 0.953. The van der Waals surface area contributed by atoms with Gasteiger partial charge in [0, 0.05) is 18.8 Å². The van der Waals surface area contributed by atoms with E-state index >= 15 is 0 Å². The van der Waals surface area contributed by atoms with Gasteiger partial charge in [-0.2, -0.15) is 0 Å². The topological polar surface area (TPSA) is 71.5 Å². The van der Waals surface area contributed by atoms with E-state index in [0.717, 1.165) is 17.7 Å². The molecule has 19 heavy (non-hydrogen) atoms. The minimum Gasteiger partial charge on any atom is -0.397 e. The Morgan fingerprint density at radius 1 is 1.58 bits per heavy atom. The van der Waals surface area contributed by atoms with Crippen molar-refractivity contribution in [1.29, 1.82) is 0 Å². The van der Waals surface area contributed by atoms with E-state index in [1.807, 2.05) is 0 Å². The van der Waals surface area contributed by atoms with Gasteiger partial charge in [-0.15, -0.1) is 0 Å². The van der Waals surface area contributed by atoms with Crippen LogP contribution in [0.4, 0.5) is 14.5 Å². The second-order valence-electron chi connectivity index (χ2n) is 4.66. The lowest BCUT2D eigenvalue weighted by atomic mass is 10.3. The fourth-order valence-electron chi connectivity index (χ4n) is 2.05. The molecule has 1 saturated carbocycles. The number of nitrogens with two attached hydrogens (primary N) is 1. The van der Waals surface area contributed by atoms with E-state index in [4.69, 9.17) is 10.8 Å². The number of rotatable bonds is 6. The maximum atomic E-state index is 12.5. The van der Waals surface area contributed by atoms with E-state index in [1.165, 1.54) is 6.07 Å². The van der Waals surface area contributed by atoms with Crippen LogP contribution in [0, 0.1) is 0 Å². The second-order valence-corrected chi connectivity index (χ2v) is 4.66. The van der Waals surface area contributed by atoms with Crippen molar-refractivity contribution in [2.24, 2.45) is 0 Å². The summed E-state index contributed by atoms with van der Waals surface area (Å²) in [7, 11) is 0. The minimum atomic E-state index is -2.63. The Bertz CT molecular complexity index is 458. The van der Waals surface area contributed by atoms with Crippen LogP contribution in [0.1, 0.15) is 29.4 Å². The molecule has 3 N–H and O–H groups in total. The number of amides is 1. The summed E-state index contributed by atoms with van der Waals surface area (Å²) in [5.74, 6) is -0.516. The molecule has 0 unspecified atom stereocenters. The Morgan fingerprint density at radius 2 is 2.26 bits per heavy atom. The zero-order valence-corrected chi connectivity index (χ0v) is 10.4. The van der Waals surface area contributed by atoms with Gasteiger partial charge < -0.3 is 20.3 Å². The standard InChI is InChI=1S/C12H17F2N3O2/c13-11(14)7-16(3-4-18)12(19)10-5-8(15)6-17(10)9-1-2-9/h5-6,9,11,18H,1-4,7,15H2. The van der Waals surface area contributed by atoms with Crippen molar-refractivity contribution >= 4 is 11.6 Å².